The molecule has 0 atom stereocenters. The van der Waals surface area contributed by atoms with Gasteiger partial charge in [-0.3, -0.25) is 14.5 Å². The number of aromatic amines is 1. The number of pyridine rings is 1. The molecule has 1 aliphatic rings. The van der Waals surface area contributed by atoms with E-state index >= 15 is 0 Å². The van der Waals surface area contributed by atoms with E-state index < -0.39 is 15.6 Å². The Morgan fingerprint density at radius 1 is 1.08 bits per heavy atom. The van der Waals surface area contributed by atoms with E-state index in [-0.39, 0.29) is 16.2 Å². The van der Waals surface area contributed by atoms with Crippen molar-refractivity contribution in [3.63, 3.8) is 0 Å². The Kier molecular flexibility index (Phi) is 7.54. The van der Waals surface area contributed by atoms with Crippen molar-refractivity contribution in [2.75, 3.05) is 32.8 Å². The van der Waals surface area contributed by atoms with Gasteiger partial charge in [-0.05, 0) is 43.2 Å². The molecule has 38 heavy (non-hydrogen) atoms. The highest BCUT2D eigenvalue weighted by atomic mass is 32.2. The van der Waals surface area contributed by atoms with Gasteiger partial charge in [-0.25, -0.2) is 13.4 Å². The van der Waals surface area contributed by atoms with Crippen LogP contribution in [0.15, 0.2) is 52.3 Å². The number of hydrogen-bond donors (Lipinski definition) is 2. The van der Waals surface area contributed by atoms with Crippen molar-refractivity contribution in [1.82, 2.24) is 34.4 Å². The van der Waals surface area contributed by atoms with Gasteiger partial charge in [0.1, 0.15) is 17.1 Å². The maximum absolute atomic E-state index is 13.4. The molecule has 0 amide bonds. The van der Waals surface area contributed by atoms with Crippen LogP contribution in [0.2, 0.25) is 0 Å². The molecule has 0 unspecified atom stereocenters. The van der Waals surface area contributed by atoms with Crippen LogP contribution in [0.5, 0.6) is 5.75 Å². The van der Waals surface area contributed by atoms with Crippen LogP contribution >= 0.6 is 0 Å². The maximum Gasteiger partial charge on any atom is 0.279 e. The standard InChI is InChI=1S/C26H31N7O4S/c1-3-15-37-22-9-8-19(38(35,36)32-13-11-27-12-14-32)16-20(22)25-29-23-21(4-2)33(31-24(23)26(34)30-25)17-18-7-5-6-10-28-18/h5-10,16,27H,3-4,11-15,17H2,1-2H3,(H,29,30,34). The third-order valence-corrected chi connectivity index (χ3v) is 8.35. The Labute approximate surface area is 220 Å². The van der Waals surface area contributed by atoms with Crippen molar-refractivity contribution < 1.29 is 13.2 Å². The smallest absolute Gasteiger partial charge is 0.279 e. The summed E-state index contributed by atoms with van der Waals surface area (Å²) in [6.07, 6.45) is 3.08. The van der Waals surface area contributed by atoms with Gasteiger partial charge in [-0.15, -0.1) is 0 Å². The lowest BCUT2D eigenvalue weighted by atomic mass is 10.1. The zero-order valence-corrected chi connectivity index (χ0v) is 22.3. The van der Waals surface area contributed by atoms with E-state index in [2.05, 4.69) is 20.4 Å². The molecule has 0 radical (unpaired) electrons. The first-order valence-electron chi connectivity index (χ1n) is 12.8. The van der Waals surface area contributed by atoms with Crippen molar-refractivity contribution in [1.29, 1.82) is 0 Å². The highest BCUT2D eigenvalue weighted by molar-refractivity contribution is 7.89. The summed E-state index contributed by atoms with van der Waals surface area (Å²) in [5.74, 6) is 0.686. The summed E-state index contributed by atoms with van der Waals surface area (Å²) >= 11 is 0. The molecule has 5 rings (SSSR count). The summed E-state index contributed by atoms with van der Waals surface area (Å²) in [5.41, 5.74) is 2.30. The predicted molar refractivity (Wildman–Crippen MR) is 144 cm³/mol. The van der Waals surface area contributed by atoms with Crippen LogP contribution in [0.4, 0.5) is 0 Å². The Hall–Kier alpha value is -3.61. The average molecular weight is 538 g/mol. The van der Waals surface area contributed by atoms with Crippen molar-refractivity contribution in [2.45, 2.75) is 38.1 Å². The fraction of sp³-hybridized carbons (Fsp3) is 0.385. The highest BCUT2D eigenvalue weighted by Gasteiger charge is 2.27. The van der Waals surface area contributed by atoms with E-state index in [4.69, 9.17) is 9.72 Å². The summed E-state index contributed by atoms with van der Waals surface area (Å²) in [6, 6.07) is 10.4. The Morgan fingerprint density at radius 2 is 1.89 bits per heavy atom. The first-order chi connectivity index (χ1) is 18.4. The van der Waals surface area contributed by atoms with E-state index in [1.165, 1.54) is 10.4 Å². The zero-order valence-electron chi connectivity index (χ0n) is 21.5. The molecule has 11 nitrogen and oxygen atoms in total. The van der Waals surface area contributed by atoms with Crippen molar-refractivity contribution in [3.05, 3.63) is 64.3 Å². The molecule has 1 aliphatic heterocycles. The Bertz CT molecular complexity index is 1590. The Balaban J connectivity index is 1.62. The number of fused-ring (bicyclic) bond motifs is 1. The number of hydrogen-bond acceptors (Lipinski definition) is 8. The minimum absolute atomic E-state index is 0.127. The second kappa shape index (κ2) is 11.0. The van der Waals surface area contributed by atoms with Crippen LogP contribution in [0, 0.1) is 0 Å². The van der Waals surface area contributed by atoms with Gasteiger partial charge in [-0.1, -0.05) is 19.9 Å². The molecule has 0 saturated carbocycles. The van der Waals surface area contributed by atoms with Gasteiger partial charge in [0.2, 0.25) is 10.0 Å². The number of benzene rings is 1. The molecule has 2 N–H and O–H groups in total. The number of H-pyrrole nitrogens is 1. The number of ether oxygens (including phenoxy) is 1. The lowest BCUT2D eigenvalue weighted by molar-refractivity contribution is 0.318. The minimum Gasteiger partial charge on any atom is -0.493 e. The summed E-state index contributed by atoms with van der Waals surface area (Å²) in [4.78, 5) is 25.3. The van der Waals surface area contributed by atoms with E-state index in [1.807, 2.05) is 32.0 Å². The monoisotopic (exact) mass is 537 g/mol. The SMILES string of the molecule is CCCOc1ccc(S(=O)(=O)N2CCNCC2)cc1-c1nc2c(CC)n(Cc3ccccn3)nc2c(=O)[nH]1. The van der Waals surface area contributed by atoms with Crippen LogP contribution in [-0.2, 0) is 23.0 Å². The number of piperazine rings is 1. The van der Waals surface area contributed by atoms with Crippen molar-refractivity contribution in [3.8, 4) is 17.1 Å². The summed E-state index contributed by atoms with van der Waals surface area (Å²) in [6.45, 7) is 6.77. The number of sulfonamides is 1. The van der Waals surface area contributed by atoms with Crippen LogP contribution in [-0.4, -0.2) is 70.2 Å². The van der Waals surface area contributed by atoms with E-state index in [9.17, 15) is 13.2 Å². The molecule has 12 heteroatoms. The number of nitrogens with one attached hydrogen (secondary N) is 2. The van der Waals surface area contributed by atoms with E-state index in [0.717, 1.165) is 17.8 Å². The molecule has 3 aromatic heterocycles. The molecular weight excluding hydrogens is 506 g/mol. The molecule has 1 fully saturated rings. The summed E-state index contributed by atoms with van der Waals surface area (Å²) in [7, 11) is -3.73. The second-order valence-electron chi connectivity index (χ2n) is 9.05. The van der Waals surface area contributed by atoms with Crippen molar-refractivity contribution >= 4 is 21.1 Å². The third-order valence-electron chi connectivity index (χ3n) is 6.45. The summed E-state index contributed by atoms with van der Waals surface area (Å²) < 4.78 is 35.9. The zero-order chi connectivity index (χ0) is 26.7. The van der Waals surface area contributed by atoms with Gasteiger partial charge in [0.15, 0.2) is 5.52 Å². The molecule has 1 saturated heterocycles. The molecule has 0 spiro atoms. The molecule has 0 bridgehead atoms. The minimum atomic E-state index is -3.73. The van der Waals surface area contributed by atoms with Crippen LogP contribution < -0.4 is 15.6 Å². The lowest BCUT2D eigenvalue weighted by Gasteiger charge is -2.27. The normalized spacial score (nSPS) is 14.7. The molecule has 200 valence electrons. The quantitative estimate of drug-likeness (QED) is 0.332. The average Bonchev–Trinajstić information content (AvgIpc) is 3.30. The Morgan fingerprint density at radius 3 is 2.61 bits per heavy atom. The van der Waals surface area contributed by atoms with Crippen LogP contribution in [0.1, 0.15) is 31.7 Å². The summed E-state index contributed by atoms with van der Waals surface area (Å²) in [5, 5.41) is 7.71. The third kappa shape index (κ3) is 5.06. The molecule has 0 aliphatic carbocycles. The van der Waals surface area contributed by atoms with Gasteiger partial charge in [0.05, 0.1) is 35.0 Å². The fourth-order valence-corrected chi connectivity index (χ4v) is 6.01. The molecule has 4 aromatic rings. The van der Waals surface area contributed by atoms with E-state index in [0.29, 0.717) is 62.6 Å². The molecular formula is C26H31N7O4S. The van der Waals surface area contributed by atoms with Gasteiger partial charge in [0.25, 0.3) is 5.56 Å². The number of aryl methyl sites for hydroxylation is 1. The predicted octanol–water partition coefficient (Wildman–Crippen LogP) is 2.17. The topological polar surface area (TPSA) is 135 Å². The molecule has 4 heterocycles. The maximum atomic E-state index is 13.4. The van der Waals surface area contributed by atoms with Gasteiger partial charge >= 0.3 is 0 Å². The number of rotatable bonds is 9. The van der Waals surface area contributed by atoms with Gasteiger partial charge in [-0.2, -0.15) is 9.40 Å². The second-order valence-corrected chi connectivity index (χ2v) is 11.0. The molecule has 1 aromatic carbocycles. The number of aromatic nitrogens is 5. The first kappa shape index (κ1) is 26.0. The largest absolute Gasteiger partial charge is 0.493 e. The van der Waals surface area contributed by atoms with Crippen LogP contribution in [0.25, 0.3) is 22.4 Å². The highest BCUT2D eigenvalue weighted by Crippen LogP contribution is 2.32. The lowest BCUT2D eigenvalue weighted by Crippen LogP contribution is -2.46. The first-order valence-corrected chi connectivity index (χ1v) is 14.2. The van der Waals surface area contributed by atoms with Gasteiger partial charge < -0.3 is 15.0 Å². The van der Waals surface area contributed by atoms with Gasteiger partial charge in [0, 0.05) is 32.4 Å². The van der Waals surface area contributed by atoms with E-state index in [1.54, 1.807) is 23.0 Å². The fourth-order valence-electron chi connectivity index (χ4n) is 4.54. The van der Waals surface area contributed by atoms with Crippen molar-refractivity contribution in [2.24, 2.45) is 0 Å². The van der Waals surface area contributed by atoms with Crippen LogP contribution in [0.3, 0.4) is 0 Å². The number of nitrogens with zero attached hydrogens (tertiary/aromatic N) is 5.